The molecule has 0 fully saturated rings. The van der Waals surface area contributed by atoms with Crippen LogP contribution in [0.5, 0.6) is 0 Å². The molecule has 0 radical (unpaired) electrons. The van der Waals surface area contributed by atoms with Gasteiger partial charge < -0.3 is 5.73 Å². The molecule has 0 aliphatic carbocycles. The number of halogens is 1. The monoisotopic (exact) mass is 263 g/mol. The molecule has 0 spiro atoms. The fourth-order valence-corrected chi connectivity index (χ4v) is 2.18. The lowest BCUT2D eigenvalue weighted by atomic mass is 10.1. The van der Waals surface area contributed by atoms with Gasteiger partial charge in [0, 0.05) is 0 Å². The summed E-state index contributed by atoms with van der Waals surface area (Å²) in [6.07, 6.45) is 0.875. The van der Waals surface area contributed by atoms with Crippen LogP contribution in [0.3, 0.4) is 0 Å². The molecule has 0 unspecified atom stereocenters. The van der Waals surface area contributed by atoms with Crippen LogP contribution in [-0.2, 0) is 6.42 Å². The first kappa shape index (κ1) is 13.1. The average molecular weight is 264 g/mol. The van der Waals surface area contributed by atoms with E-state index in [0.29, 0.717) is 6.54 Å². The number of hydrogen-bond acceptors (Lipinski definition) is 2. The Kier molecular flexibility index (Phi) is 3.73. The topological polar surface area (TPSA) is 43.8 Å². The highest BCUT2D eigenvalue weighted by Crippen LogP contribution is 2.24. The molecule has 3 nitrogen and oxygen atoms in total. The van der Waals surface area contributed by atoms with Crippen LogP contribution in [0.2, 0.25) is 5.02 Å². The van der Waals surface area contributed by atoms with E-state index in [1.165, 1.54) is 11.1 Å². The molecule has 1 heterocycles. The number of aromatic nitrogens is 2. The maximum atomic E-state index is 6.20. The third kappa shape index (κ3) is 2.28. The molecule has 1 aromatic heterocycles. The Morgan fingerprint density at radius 1 is 1.28 bits per heavy atom. The maximum Gasteiger partial charge on any atom is 0.0848 e. The van der Waals surface area contributed by atoms with Crippen LogP contribution in [0, 0.1) is 20.8 Å². The van der Waals surface area contributed by atoms with Gasteiger partial charge in [-0.05, 0) is 50.9 Å². The minimum atomic E-state index is 0.653. The summed E-state index contributed by atoms with van der Waals surface area (Å²) in [4.78, 5) is 0. The molecule has 0 saturated heterocycles. The molecule has 0 atom stereocenters. The van der Waals surface area contributed by atoms with Crippen LogP contribution in [0.4, 0.5) is 0 Å². The molecule has 2 N–H and O–H groups in total. The molecule has 0 aliphatic heterocycles. The Morgan fingerprint density at radius 3 is 2.56 bits per heavy atom. The van der Waals surface area contributed by atoms with Crippen LogP contribution >= 0.6 is 11.6 Å². The molecule has 4 heteroatoms. The highest BCUT2D eigenvalue weighted by Gasteiger charge is 2.12. The van der Waals surface area contributed by atoms with Crippen molar-refractivity contribution in [2.75, 3.05) is 6.54 Å². The summed E-state index contributed by atoms with van der Waals surface area (Å²) in [6, 6.07) is 6.35. The molecule has 0 saturated carbocycles. The summed E-state index contributed by atoms with van der Waals surface area (Å²) in [5.41, 5.74) is 10.9. The first-order chi connectivity index (χ1) is 8.54. The lowest BCUT2D eigenvalue weighted by Gasteiger charge is -2.10. The van der Waals surface area contributed by atoms with Gasteiger partial charge in [0.1, 0.15) is 0 Å². The normalized spacial score (nSPS) is 10.9. The summed E-state index contributed by atoms with van der Waals surface area (Å²) in [6.45, 7) is 6.63. The molecule has 96 valence electrons. The van der Waals surface area contributed by atoms with E-state index in [1.807, 2.05) is 18.5 Å². The van der Waals surface area contributed by atoms with Gasteiger partial charge in [0.2, 0.25) is 0 Å². The van der Waals surface area contributed by atoms with E-state index in [4.69, 9.17) is 17.3 Å². The van der Waals surface area contributed by atoms with E-state index in [0.717, 1.165) is 28.5 Å². The second-order valence-electron chi connectivity index (χ2n) is 4.56. The van der Waals surface area contributed by atoms with Gasteiger partial charge in [0.25, 0.3) is 0 Å². The van der Waals surface area contributed by atoms with Crippen LogP contribution in [0.15, 0.2) is 18.2 Å². The third-order valence-corrected chi connectivity index (χ3v) is 3.68. The van der Waals surface area contributed by atoms with Gasteiger partial charge in [0.05, 0.1) is 22.1 Å². The van der Waals surface area contributed by atoms with Crippen molar-refractivity contribution < 1.29 is 0 Å². The van der Waals surface area contributed by atoms with Crippen molar-refractivity contribution in [3.8, 4) is 5.69 Å². The Labute approximate surface area is 113 Å². The third-order valence-electron chi connectivity index (χ3n) is 3.14. The molecule has 0 amide bonds. The van der Waals surface area contributed by atoms with E-state index >= 15 is 0 Å². The molecule has 0 bridgehead atoms. The molecular weight excluding hydrogens is 246 g/mol. The number of aryl methyl sites for hydroxylation is 2. The SMILES string of the molecule is Cc1ccc(CCN)cc1-n1nc(C)c(Cl)c1C. The lowest BCUT2D eigenvalue weighted by Crippen LogP contribution is -2.06. The summed E-state index contributed by atoms with van der Waals surface area (Å²) in [5.74, 6) is 0. The van der Waals surface area contributed by atoms with E-state index < -0.39 is 0 Å². The van der Waals surface area contributed by atoms with Crippen molar-refractivity contribution >= 4 is 11.6 Å². The second-order valence-corrected chi connectivity index (χ2v) is 4.93. The zero-order chi connectivity index (χ0) is 13.3. The predicted molar refractivity (Wildman–Crippen MR) is 75.5 cm³/mol. The first-order valence-corrected chi connectivity index (χ1v) is 6.44. The van der Waals surface area contributed by atoms with E-state index in [2.05, 4.69) is 30.2 Å². The Morgan fingerprint density at radius 2 is 2.00 bits per heavy atom. The molecule has 2 aromatic rings. The fraction of sp³-hybridized carbons (Fsp3) is 0.357. The zero-order valence-corrected chi connectivity index (χ0v) is 11.8. The maximum absolute atomic E-state index is 6.20. The smallest absolute Gasteiger partial charge is 0.0848 e. The van der Waals surface area contributed by atoms with Gasteiger partial charge in [-0.3, -0.25) is 0 Å². The number of nitrogens with zero attached hydrogens (tertiary/aromatic N) is 2. The molecule has 0 aliphatic rings. The van der Waals surface area contributed by atoms with E-state index in [-0.39, 0.29) is 0 Å². The second kappa shape index (κ2) is 5.12. The van der Waals surface area contributed by atoms with Crippen molar-refractivity contribution in [1.29, 1.82) is 0 Å². The van der Waals surface area contributed by atoms with Gasteiger partial charge in [0.15, 0.2) is 0 Å². The summed E-state index contributed by atoms with van der Waals surface area (Å²) in [5, 5.41) is 5.23. The number of rotatable bonds is 3. The summed E-state index contributed by atoms with van der Waals surface area (Å²) < 4.78 is 1.91. The highest BCUT2D eigenvalue weighted by atomic mass is 35.5. The summed E-state index contributed by atoms with van der Waals surface area (Å²) >= 11 is 6.20. The van der Waals surface area contributed by atoms with Crippen LogP contribution in [0.25, 0.3) is 5.69 Å². The van der Waals surface area contributed by atoms with Gasteiger partial charge in [-0.2, -0.15) is 5.10 Å². The van der Waals surface area contributed by atoms with Crippen molar-refractivity contribution in [3.63, 3.8) is 0 Å². The zero-order valence-electron chi connectivity index (χ0n) is 11.0. The molecule has 1 aromatic carbocycles. The summed E-state index contributed by atoms with van der Waals surface area (Å²) in [7, 11) is 0. The largest absolute Gasteiger partial charge is 0.330 e. The number of nitrogens with two attached hydrogens (primary N) is 1. The Hall–Kier alpha value is -1.32. The van der Waals surface area contributed by atoms with Crippen molar-refractivity contribution in [3.05, 3.63) is 45.7 Å². The number of hydrogen-bond donors (Lipinski definition) is 1. The van der Waals surface area contributed by atoms with Gasteiger partial charge >= 0.3 is 0 Å². The van der Waals surface area contributed by atoms with Crippen LogP contribution < -0.4 is 5.73 Å². The minimum Gasteiger partial charge on any atom is -0.330 e. The lowest BCUT2D eigenvalue weighted by molar-refractivity contribution is 0.823. The first-order valence-electron chi connectivity index (χ1n) is 6.06. The van der Waals surface area contributed by atoms with E-state index in [1.54, 1.807) is 0 Å². The van der Waals surface area contributed by atoms with Crippen molar-refractivity contribution in [2.45, 2.75) is 27.2 Å². The van der Waals surface area contributed by atoms with Crippen molar-refractivity contribution in [1.82, 2.24) is 9.78 Å². The predicted octanol–water partition coefficient (Wildman–Crippen LogP) is 2.95. The van der Waals surface area contributed by atoms with Gasteiger partial charge in [-0.15, -0.1) is 0 Å². The van der Waals surface area contributed by atoms with Crippen LogP contribution in [0.1, 0.15) is 22.5 Å². The minimum absolute atomic E-state index is 0.653. The van der Waals surface area contributed by atoms with Gasteiger partial charge in [-0.25, -0.2) is 4.68 Å². The van der Waals surface area contributed by atoms with Gasteiger partial charge in [-0.1, -0.05) is 23.7 Å². The molecule has 2 rings (SSSR count). The average Bonchev–Trinajstić information content (AvgIpc) is 2.60. The molecule has 18 heavy (non-hydrogen) atoms. The van der Waals surface area contributed by atoms with Crippen molar-refractivity contribution in [2.24, 2.45) is 5.73 Å². The highest BCUT2D eigenvalue weighted by molar-refractivity contribution is 6.31. The quantitative estimate of drug-likeness (QED) is 0.925. The Balaban J connectivity index is 2.55. The fourth-order valence-electron chi connectivity index (χ4n) is 2.06. The van der Waals surface area contributed by atoms with E-state index in [9.17, 15) is 0 Å². The standard InChI is InChI=1S/C14H18ClN3/c1-9-4-5-12(6-7-16)8-13(9)18-11(3)14(15)10(2)17-18/h4-5,8H,6-7,16H2,1-3H3. The van der Waals surface area contributed by atoms with Crippen LogP contribution in [-0.4, -0.2) is 16.3 Å². The molecular formula is C14H18ClN3. The number of benzene rings is 1. The Bertz CT molecular complexity index is 573.